The van der Waals surface area contributed by atoms with Gasteiger partial charge in [-0.2, -0.15) is 0 Å². The molecule has 1 unspecified atom stereocenters. The summed E-state index contributed by atoms with van der Waals surface area (Å²) in [6.45, 7) is 0.919. The molecule has 0 aliphatic carbocycles. The lowest BCUT2D eigenvalue weighted by Gasteiger charge is -2.34. The van der Waals surface area contributed by atoms with Gasteiger partial charge >= 0.3 is 5.97 Å². The van der Waals surface area contributed by atoms with Crippen LogP contribution in [0.4, 0.5) is 5.69 Å². The van der Waals surface area contributed by atoms with Crippen molar-refractivity contribution < 1.29 is 24.2 Å². The number of rotatable bonds is 5. The van der Waals surface area contributed by atoms with Gasteiger partial charge in [-0.3, -0.25) is 14.4 Å². The number of amides is 2. The highest BCUT2D eigenvalue weighted by atomic mass is 16.5. The number of hydrogen-bond donors (Lipinski definition) is 2. The normalized spacial score (nSPS) is 16.6. The fourth-order valence-electron chi connectivity index (χ4n) is 2.95. The second kappa shape index (κ2) is 8.46. The first-order chi connectivity index (χ1) is 13.0. The van der Waals surface area contributed by atoms with Crippen LogP contribution in [0.25, 0.3) is 0 Å². The molecule has 1 atom stereocenters. The number of carbonyl (C=O) groups excluding carboxylic acids is 2. The van der Waals surface area contributed by atoms with Crippen LogP contribution in [0.15, 0.2) is 54.6 Å². The van der Waals surface area contributed by atoms with Crippen LogP contribution in [-0.2, 0) is 9.53 Å². The van der Waals surface area contributed by atoms with Crippen molar-refractivity contribution in [2.45, 2.75) is 12.5 Å². The van der Waals surface area contributed by atoms with Crippen molar-refractivity contribution in [3.05, 3.63) is 65.7 Å². The van der Waals surface area contributed by atoms with Crippen molar-refractivity contribution in [2.75, 3.05) is 25.1 Å². The molecule has 1 aliphatic heterocycles. The number of nitrogens with one attached hydrogen (secondary N) is 1. The SMILES string of the molecule is O=C(O)CC1COCCN1C(=O)c1ccc(C(=O)Nc2ccccc2)cc1. The lowest BCUT2D eigenvalue weighted by molar-refractivity contribution is -0.139. The third kappa shape index (κ3) is 4.71. The summed E-state index contributed by atoms with van der Waals surface area (Å²) in [7, 11) is 0. The van der Waals surface area contributed by atoms with Crippen LogP contribution >= 0.6 is 0 Å². The number of carboxylic acid groups (broad SMARTS) is 1. The van der Waals surface area contributed by atoms with Crippen molar-refractivity contribution in [3.8, 4) is 0 Å². The number of aliphatic carboxylic acids is 1. The molecule has 1 fully saturated rings. The second-order valence-electron chi connectivity index (χ2n) is 6.22. The third-order valence-corrected chi connectivity index (χ3v) is 4.32. The first kappa shape index (κ1) is 18.6. The number of carbonyl (C=O) groups is 3. The highest BCUT2D eigenvalue weighted by Crippen LogP contribution is 2.16. The standard InChI is InChI=1S/C20H20N2O5/c23-18(24)12-17-13-27-11-10-22(17)20(26)15-8-6-14(7-9-15)19(25)21-16-4-2-1-3-5-16/h1-9,17H,10-13H2,(H,21,25)(H,23,24). The fourth-order valence-corrected chi connectivity index (χ4v) is 2.95. The topological polar surface area (TPSA) is 95.9 Å². The highest BCUT2D eigenvalue weighted by molar-refractivity contribution is 6.05. The van der Waals surface area contributed by atoms with Gasteiger partial charge in [0, 0.05) is 23.4 Å². The lowest BCUT2D eigenvalue weighted by Crippen LogP contribution is -2.49. The van der Waals surface area contributed by atoms with Gasteiger partial charge in [-0.25, -0.2) is 0 Å². The molecule has 0 aromatic heterocycles. The third-order valence-electron chi connectivity index (χ3n) is 4.32. The maximum atomic E-state index is 12.7. The molecule has 0 radical (unpaired) electrons. The predicted octanol–water partition coefficient (Wildman–Crippen LogP) is 2.25. The highest BCUT2D eigenvalue weighted by Gasteiger charge is 2.29. The zero-order valence-corrected chi connectivity index (χ0v) is 14.6. The molecule has 0 spiro atoms. The van der Waals surface area contributed by atoms with E-state index in [1.54, 1.807) is 36.4 Å². The molecular weight excluding hydrogens is 348 g/mol. The quantitative estimate of drug-likeness (QED) is 0.844. The van der Waals surface area contributed by atoms with Gasteiger partial charge in [-0.1, -0.05) is 18.2 Å². The number of nitrogens with zero attached hydrogens (tertiary/aromatic N) is 1. The average molecular weight is 368 g/mol. The maximum absolute atomic E-state index is 12.7. The van der Waals surface area contributed by atoms with E-state index in [-0.39, 0.29) is 24.8 Å². The molecule has 3 rings (SSSR count). The summed E-state index contributed by atoms with van der Waals surface area (Å²) in [5.74, 6) is -1.51. The van der Waals surface area contributed by atoms with Crippen LogP contribution in [0, 0.1) is 0 Å². The summed E-state index contributed by atoms with van der Waals surface area (Å²) < 4.78 is 5.30. The van der Waals surface area contributed by atoms with Crippen LogP contribution in [-0.4, -0.2) is 53.6 Å². The molecule has 0 saturated carbocycles. The molecule has 2 aromatic rings. The largest absolute Gasteiger partial charge is 0.481 e. The number of carboxylic acids is 1. The van der Waals surface area contributed by atoms with Crippen molar-refractivity contribution in [3.63, 3.8) is 0 Å². The number of ether oxygens (including phenoxy) is 1. The molecule has 1 saturated heterocycles. The van der Waals surface area contributed by atoms with Crippen LogP contribution in [0.5, 0.6) is 0 Å². The summed E-state index contributed by atoms with van der Waals surface area (Å²) in [5, 5.41) is 11.8. The van der Waals surface area contributed by atoms with E-state index in [1.165, 1.54) is 4.90 Å². The number of para-hydroxylation sites is 1. The molecule has 27 heavy (non-hydrogen) atoms. The minimum Gasteiger partial charge on any atom is -0.481 e. The van der Waals surface area contributed by atoms with Gasteiger partial charge in [0.1, 0.15) is 0 Å². The van der Waals surface area contributed by atoms with Gasteiger partial charge in [0.15, 0.2) is 0 Å². The fraction of sp³-hybridized carbons (Fsp3) is 0.250. The zero-order chi connectivity index (χ0) is 19.2. The molecule has 2 N–H and O–H groups in total. The molecular formula is C20H20N2O5. The Labute approximate surface area is 156 Å². The van der Waals surface area contributed by atoms with Crippen molar-refractivity contribution in [1.82, 2.24) is 4.90 Å². The monoisotopic (exact) mass is 368 g/mol. The molecule has 7 nitrogen and oxygen atoms in total. The summed E-state index contributed by atoms with van der Waals surface area (Å²) in [6, 6.07) is 14.9. The van der Waals surface area contributed by atoms with E-state index in [9.17, 15) is 14.4 Å². The van der Waals surface area contributed by atoms with Crippen LogP contribution in [0.3, 0.4) is 0 Å². The van der Waals surface area contributed by atoms with Crippen molar-refractivity contribution in [1.29, 1.82) is 0 Å². The Kier molecular flexibility index (Phi) is 5.83. The number of anilines is 1. The Morgan fingerprint density at radius 3 is 2.37 bits per heavy atom. The Morgan fingerprint density at radius 1 is 1.04 bits per heavy atom. The van der Waals surface area contributed by atoms with E-state index in [1.807, 2.05) is 18.2 Å². The Hall–Kier alpha value is -3.19. The second-order valence-corrected chi connectivity index (χ2v) is 6.22. The molecule has 0 bridgehead atoms. The van der Waals surface area contributed by atoms with Gasteiger partial charge in [-0.15, -0.1) is 0 Å². The van der Waals surface area contributed by atoms with Gasteiger partial charge < -0.3 is 20.1 Å². The minimum absolute atomic E-state index is 0.163. The van der Waals surface area contributed by atoms with E-state index in [2.05, 4.69) is 5.32 Å². The Balaban J connectivity index is 1.69. The zero-order valence-electron chi connectivity index (χ0n) is 14.6. The van der Waals surface area contributed by atoms with Gasteiger partial charge in [0.2, 0.25) is 0 Å². The number of benzene rings is 2. The number of hydrogen-bond acceptors (Lipinski definition) is 4. The van der Waals surface area contributed by atoms with E-state index >= 15 is 0 Å². The first-order valence-corrected chi connectivity index (χ1v) is 8.61. The van der Waals surface area contributed by atoms with Gasteiger partial charge in [0.25, 0.3) is 11.8 Å². The lowest BCUT2D eigenvalue weighted by atomic mass is 10.1. The van der Waals surface area contributed by atoms with Crippen LogP contribution in [0.2, 0.25) is 0 Å². The molecule has 2 amide bonds. The van der Waals surface area contributed by atoms with E-state index < -0.39 is 12.0 Å². The van der Waals surface area contributed by atoms with Crippen LogP contribution < -0.4 is 5.32 Å². The molecule has 1 heterocycles. The van der Waals surface area contributed by atoms with E-state index in [0.29, 0.717) is 30.0 Å². The van der Waals surface area contributed by atoms with E-state index in [0.717, 1.165) is 0 Å². The van der Waals surface area contributed by atoms with Crippen molar-refractivity contribution >= 4 is 23.5 Å². The Morgan fingerprint density at radius 2 is 1.70 bits per heavy atom. The molecule has 7 heteroatoms. The summed E-state index contributed by atoms with van der Waals surface area (Å²) >= 11 is 0. The Bertz CT molecular complexity index is 820. The maximum Gasteiger partial charge on any atom is 0.305 e. The predicted molar refractivity (Wildman–Crippen MR) is 98.7 cm³/mol. The summed E-state index contributed by atoms with van der Waals surface area (Å²) in [6.07, 6.45) is -0.163. The van der Waals surface area contributed by atoms with E-state index in [4.69, 9.17) is 9.84 Å². The molecule has 2 aromatic carbocycles. The van der Waals surface area contributed by atoms with Gasteiger partial charge in [-0.05, 0) is 36.4 Å². The minimum atomic E-state index is -0.976. The van der Waals surface area contributed by atoms with Gasteiger partial charge in [0.05, 0.1) is 25.7 Å². The summed E-state index contributed by atoms with van der Waals surface area (Å²) in [5.41, 5.74) is 1.52. The molecule has 1 aliphatic rings. The van der Waals surface area contributed by atoms with Crippen LogP contribution in [0.1, 0.15) is 27.1 Å². The first-order valence-electron chi connectivity index (χ1n) is 8.61. The smallest absolute Gasteiger partial charge is 0.305 e. The average Bonchev–Trinajstić information content (AvgIpc) is 2.68. The number of morpholine rings is 1. The van der Waals surface area contributed by atoms with Crippen molar-refractivity contribution in [2.24, 2.45) is 0 Å². The summed E-state index contributed by atoms with van der Waals surface area (Å²) in [4.78, 5) is 37.6. The molecule has 140 valence electrons.